The van der Waals surface area contributed by atoms with Crippen LogP contribution in [-0.2, 0) is 4.74 Å². The average Bonchev–Trinajstić information content (AvgIpc) is 2.69. The molecule has 0 aromatic carbocycles. The number of ether oxygens (including phenoxy) is 1. The zero-order valence-electron chi connectivity index (χ0n) is 10.5. The molecule has 2 aromatic rings. The highest BCUT2D eigenvalue weighted by Gasteiger charge is 2.19. The van der Waals surface area contributed by atoms with Crippen LogP contribution in [0.1, 0.15) is 26.5 Å². The molecule has 0 unspecified atom stereocenters. The second-order valence-electron chi connectivity index (χ2n) is 4.91. The van der Waals surface area contributed by atoms with Gasteiger partial charge in [0.2, 0.25) is 0 Å². The van der Waals surface area contributed by atoms with Gasteiger partial charge < -0.3 is 4.74 Å². The molecule has 5 nitrogen and oxygen atoms in total. The molecule has 0 aliphatic rings. The summed E-state index contributed by atoms with van der Waals surface area (Å²) >= 11 is 0. The Kier molecular flexibility index (Phi) is 2.79. The molecule has 5 heteroatoms. The maximum atomic E-state index is 11.9. The maximum Gasteiger partial charge on any atom is 0.419 e. The molecule has 0 saturated carbocycles. The lowest BCUT2D eigenvalue weighted by Gasteiger charge is -2.19. The molecule has 0 aliphatic heterocycles. The standard InChI is InChI=1S/C13H13N3O2/c1-13(2,3)18-12(17)16-5-4-9-6-10(7-14)15-8-11(9)16/h4-6,8H,1-3H3. The summed E-state index contributed by atoms with van der Waals surface area (Å²) in [7, 11) is 0. The number of carbonyl (C=O) groups is 1. The molecule has 2 aromatic heterocycles. The summed E-state index contributed by atoms with van der Waals surface area (Å²) < 4.78 is 6.66. The monoisotopic (exact) mass is 243 g/mol. The van der Waals surface area contributed by atoms with E-state index >= 15 is 0 Å². The molecule has 0 bridgehead atoms. The van der Waals surface area contributed by atoms with E-state index in [-0.39, 0.29) is 0 Å². The fourth-order valence-electron chi connectivity index (χ4n) is 1.57. The van der Waals surface area contributed by atoms with E-state index in [0.717, 1.165) is 5.39 Å². The van der Waals surface area contributed by atoms with Gasteiger partial charge in [0, 0.05) is 11.6 Å². The Morgan fingerprint density at radius 3 is 2.83 bits per heavy atom. The van der Waals surface area contributed by atoms with E-state index < -0.39 is 11.7 Å². The van der Waals surface area contributed by atoms with Crippen LogP contribution in [0.2, 0.25) is 0 Å². The SMILES string of the molecule is CC(C)(C)OC(=O)n1ccc2cc(C#N)ncc21. The Labute approximate surface area is 105 Å². The van der Waals surface area contributed by atoms with Crippen LogP contribution in [0.5, 0.6) is 0 Å². The van der Waals surface area contributed by atoms with Crippen LogP contribution in [0, 0.1) is 11.3 Å². The molecule has 0 fully saturated rings. The second kappa shape index (κ2) is 4.15. The van der Waals surface area contributed by atoms with Gasteiger partial charge in [-0.2, -0.15) is 5.26 Å². The molecule has 18 heavy (non-hydrogen) atoms. The lowest BCUT2D eigenvalue weighted by molar-refractivity contribution is 0.0544. The number of rotatable bonds is 0. The first kappa shape index (κ1) is 12.1. The van der Waals surface area contributed by atoms with Crippen molar-refractivity contribution in [1.82, 2.24) is 9.55 Å². The van der Waals surface area contributed by atoms with Crippen molar-refractivity contribution in [3.05, 3.63) is 30.2 Å². The molecular formula is C13H13N3O2. The lowest BCUT2D eigenvalue weighted by Crippen LogP contribution is -2.26. The van der Waals surface area contributed by atoms with Gasteiger partial charge in [-0.15, -0.1) is 0 Å². The molecule has 92 valence electrons. The molecule has 2 rings (SSSR count). The number of aromatic nitrogens is 2. The number of hydrogen-bond donors (Lipinski definition) is 0. The predicted molar refractivity (Wildman–Crippen MR) is 66.1 cm³/mol. The summed E-state index contributed by atoms with van der Waals surface area (Å²) in [6, 6.07) is 5.35. The van der Waals surface area contributed by atoms with E-state index in [4.69, 9.17) is 10.00 Å². The minimum Gasteiger partial charge on any atom is -0.443 e. The second-order valence-corrected chi connectivity index (χ2v) is 4.91. The average molecular weight is 243 g/mol. The Morgan fingerprint density at radius 1 is 1.50 bits per heavy atom. The molecule has 0 saturated heterocycles. The molecule has 0 N–H and O–H groups in total. The molecule has 0 radical (unpaired) electrons. The first-order valence-electron chi connectivity index (χ1n) is 5.51. The predicted octanol–water partition coefficient (Wildman–Crippen LogP) is 2.69. The third kappa shape index (κ3) is 2.33. The Morgan fingerprint density at radius 2 is 2.22 bits per heavy atom. The largest absolute Gasteiger partial charge is 0.443 e. The van der Waals surface area contributed by atoms with Crippen molar-refractivity contribution in [2.75, 3.05) is 0 Å². The molecule has 0 amide bonds. The number of hydrogen-bond acceptors (Lipinski definition) is 4. The van der Waals surface area contributed by atoms with Crippen molar-refractivity contribution in [2.24, 2.45) is 0 Å². The normalized spacial score (nSPS) is 11.2. The van der Waals surface area contributed by atoms with Crippen molar-refractivity contribution in [3.8, 4) is 6.07 Å². The Bertz CT molecular complexity index is 644. The van der Waals surface area contributed by atoms with Crippen LogP contribution in [0.25, 0.3) is 10.9 Å². The lowest BCUT2D eigenvalue weighted by atomic mass is 10.2. The highest BCUT2D eigenvalue weighted by Crippen LogP contribution is 2.17. The topological polar surface area (TPSA) is 67.9 Å². The van der Waals surface area contributed by atoms with Gasteiger partial charge in [-0.1, -0.05) is 0 Å². The molecular weight excluding hydrogens is 230 g/mol. The van der Waals surface area contributed by atoms with E-state index in [1.807, 2.05) is 26.8 Å². The number of fused-ring (bicyclic) bond motifs is 1. The quantitative estimate of drug-likeness (QED) is 0.713. The summed E-state index contributed by atoms with van der Waals surface area (Å²) in [6.07, 6.45) is 2.66. The summed E-state index contributed by atoms with van der Waals surface area (Å²) in [5.74, 6) is 0. The molecule has 0 atom stereocenters. The number of nitriles is 1. The zero-order valence-corrected chi connectivity index (χ0v) is 10.5. The van der Waals surface area contributed by atoms with Gasteiger partial charge in [-0.25, -0.2) is 9.78 Å². The number of pyridine rings is 1. The van der Waals surface area contributed by atoms with E-state index in [1.165, 1.54) is 10.8 Å². The third-order valence-electron chi connectivity index (χ3n) is 2.28. The maximum absolute atomic E-state index is 11.9. The van der Waals surface area contributed by atoms with Crippen molar-refractivity contribution < 1.29 is 9.53 Å². The van der Waals surface area contributed by atoms with Crippen molar-refractivity contribution in [3.63, 3.8) is 0 Å². The van der Waals surface area contributed by atoms with Crippen molar-refractivity contribution in [1.29, 1.82) is 5.26 Å². The fourth-order valence-corrected chi connectivity index (χ4v) is 1.57. The van der Waals surface area contributed by atoms with Crippen LogP contribution in [0.3, 0.4) is 0 Å². The minimum absolute atomic E-state index is 0.324. The minimum atomic E-state index is -0.548. The highest BCUT2D eigenvalue weighted by atomic mass is 16.6. The third-order valence-corrected chi connectivity index (χ3v) is 2.28. The molecule has 0 spiro atoms. The Hall–Kier alpha value is -2.35. The summed E-state index contributed by atoms with van der Waals surface area (Å²) in [4.78, 5) is 15.9. The van der Waals surface area contributed by atoms with Crippen molar-refractivity contribution in [2.45, 2.75) is 26.4 Å². The van der Waals surface area contributed by atoms with Crippen molar-refractivity contribution >= 4 is 17.0 Å². The first-order chi connectivity index (χ1) is 8.40. The van der Waals surface area contributed by atoms with Gasteiger partial charge in [-0.3, -0.25) is 4.57 Å². The van der Waals surface area contributed by atoms with E-state index in [2.05, 4.69) is 4.98 Å². The summed E-state index contributed by atoms with van der Waals surface area (Å²) in [5.41, 5.74) is 0.404. The van der Waals surface area contributed by atoms with Crippen LogP contribution in [-0.4, -0.2) is 21.2 Å². The van der Waals surface area contributed by atoms with Crippen LogP contribution < -0.4 is 0 Å². The highest BCUT2D eigenvalue weighted by molar-refractivity contribution is 5.89. The molecule has 2 heterocycles. The molecule has 0 aliphatic carbocycles. The van der Waals surface area contributed by atoms with Gasteiger partial charge in [0.25, 0.3) is 0 Å². The summed E-state index contributed by atoms with van der Waals surface area (Å²) in [6.45, 7) is 5.42. The van der Waals surface area contributed by atoms with E-state index in [1.54, 1.807) is 18.3 Å². The van der Waals surface area contributed by atoms with Gasteiger partial charge in [0.15, 0.2) is 0 Å². The van der Waals surface area contributed by atoms with Gasteiger partial charge >= 0.3 is 6.09 Å². The first-order valence-corrected chi connectivity index (χ1v) is 5.51. The van der Waals surface area contributed by atoms with Crippen LogP contribution in [0.4, 0.5) is 4.79 Å². The van der Waals surface area contributed by atoms with Crippen LogP contribution >= 0.6 is 0 Å². The number of carbonyl (C=O) groups excluding carboxylic acids is 1. The number of nitrogens with zero attached hydrogens (tertiary/aromatic N) is 3. The van der Waals surface area contributed by atoms with Gasteiger partial charge in [0.1, 0.15) is 17.4 Å². The summed E-state index contributed by atoms with van der Waals surface area (Å²) in [5, 5.41) is 9.54. The zero-order chi connectivity index (χ0) is 13.3. The Balaban J connectivity index is 2.42. The van der Waals surface area contributed by atoms with Crippen LogP contribution in [0.15, 0.2) is 24.5 Å². The van der Waals surface area contributed by atoms with Gasteiger partial charge in [-0.05, 0) is 32.9 Å². The van der Waals surface area contributed by atoms with Gasteiger partial charge in [0.05, 0.1) is 11.7 Å². The fraction of sp³-hybridized carbons (Fsp3) is 0.308. The smallest absolute Gasteiger partial charge is 0.419 e. The van der Waals surface area contributed by atoms with E-state index in [0.29, 0.717) is 11.2 Å². The van der Waals surface area contributed by atoms with E-state index in [9.17, 15) is 4.79 Å².